The molecule has 0 aromatic heterocycles. The fourth-order valence-electron chi connectivity index (χ4n) is 1.32. The molecule has 0 radical (unpaired) electrons. The van der Waals surface area contributed by atoms with Gasteiger partial charge in [-0.25, -0.2) is 4.39 Å². The second-order valence-corrected chi connectivity index (χ2v) is 5.28. The van der Waals surface area contributed by atoms with Gasteiger partial charge >= 0.3 is 0 Å². The summed E-state index contributed by atoms with van der Waals surface area (Å²) in [6.45, 7) is 8.19. The van der Waals surface area contributed by atoms with Crippen molar-refractivity contribution in [3.8, 4) is 0 Å². The lowest BCUT2D eigenvalue weighted by molar-refractivity contribution is 0.327. The van der Waals surface area contributed by atoms with Crippen molar-refractivity contribution in [2.75, 3.05) is 6.54 Å². The third kappa shape index (κ3) is 4.11. The summed E-state index contributed by atoms with van der Waals surface area (Å²) in [7, 11) is 0. The molecule has 0 aliphatic heterocycles. The quantitative estimate of drug-likeness (QED) is 0.824. The Kier molecular flexibility index (Phi) is 4.75. The van der Waals surface area contributed by atoms with Crippen molar-refractivity contribution in [3.63, 3.8) is 0 Å². The van der Waals surface area contributed by atoms with E-state index < -0.39 is 0 Å². The molecule has 0 unspecified atom stereocenters. The Morgan fingerprint density at radius 2 is 2.06 bits per heavy atom. The van der Waals surface area contributed by atoms with E-state index in [4.69, 9.17) is 11.6 Å². The van der Waals surface area contributed by atoms with Crippen molar-refractivity contribution < 1.29 is 4.39 Å². The van der Waals surface area contributed by atoms with Crippen molar-refractivity contribution >= 4 is 11.6 Å². The minimum atomic E-state index is -0.351. The molecule has 0 fully saturated rings. The predicted octanol–water partition coefficient (Wildman–Crippen LogP) is 4.00. The summed E-state index contributed by atoms with van der Waals surface area (Å²) in [5.41, 5.74) is 1.21. The molecule has 0 heterocycles. The van der Waals surface area contributed by atoms with Gasteiger partial charge in [-0.3, -0.25) is 0 Å². The summed E-state index contributed by atoms with van der Waals surface area (Å²) in [4.78, 5) is 0. The SMILES string of the molecule is CCC(C)(C)CNCc1ccc(Cl)c(F)c1. The number of halogens is 2. The Hall–Kier alpha value is -0.600. The lowest BCUT2D eigenvalue weighted by atomic mass is 9.90. The van der Waals surface area contributed by atoms with Crippen LogP contribution >= 0.6 is 11.6 Å². The molecule has 1 N–H and O–H groups in total. The molecule has 1 rings (SSSR count). The van der Waals surface area contributed by atoms with E-state index in [9.17, 15) is 4.39 Å². The molecule has 0 aliphatic rings. The van der Waals surface area contributed by atoms with Gasteiger partial charge in [0, 0.05) is 13.1 Å². The fourth-order valence-corrected chi connectivity index (χ4v) is 1.44. The number of hydrogen-bond donors (Lipinski definition) is 1. The summed E-state index contributed by atoms with van der Waals surface area (Å²) < 4.78 is 13.1. The zero-order valence-electron chi connectivity index (χ0n) is 10.1. The second kappa shape index (κ2) is 5.65. The number of nitrogens with one attached hydrogen (secondary N) is 1. The topological polar surface area (TPSA) is 12.0 Å². The van der Waals surface area contributed by atoms with Gasteiger partial charge in [0.2, 0.25) is 0 Å². The van der Waals surface area contributed by atoms with Gasteiger partial charge in [0.15, 0.2) is 0 Å². The van der Waals surface area contributed by atoms with E-state index in [1.54, 1.807) is 6.07 Å². The number of benzene rings is 1. The molecule has 3 heteroatoms. The first kappa shape index (κ1) is 13.5. The molecule has 1 aromatic carbocycles. The van der Waals surface area contributed by atoms with Crippen molar-refractivity contribution in [2.45, 2.75) is 33.7 Å². The molecular formula is C13H19ClFN. The summed E-state index contributed by atoms with van der Waals surface area (Å²) in [6, 6.07) is 4.92. The zero-order chi connectivity index (χ0) is 12.2. The third-order valence-corrected chi connectivity index (χ3v) is 3.18. The highest BCUT2D eigenvalue weighted by atomic mass is 35.5. The predicted molar refractivity (Wildman–Crippen MR) is 67.2 cm³/mol. The van der Waals surface area contributed by atoms with Crippen LogP contribution in [0.4, 0.5) is 4.39 Å². The molecule has 0 atom stereocenters. The van der Waals surface area contributed by atoms with Crippen LogP contribution in [0.3, 0.4) is 0 Å². The van der Waals surface area contributed by atoms with Gasteiger partial charge in [0.1, 0.15) is 5.82 Å². The van der Waals surface area contributed by atoms with Crippen LogP contribution in [0, 0.1) is 11.2 Å². The Bertz CT molecular complexity index is 350. The Labute approximate surface area is 102 Å². The van der Waals surface area contributed by atoms with Gasteiger partial charge in [-0.2, -0.15) is 0 Å². The van der Waals surface area contributed by atoms with Crippen LogP contribution in [-0.4, -0.2) is 6.54 Å². The van der Waals surface area contributed by atoms with E-state index in [2.05, 4.69) is 26.1 Å². The molecular weight excluding hydrogens is 225 g/mol. The lowest BCUT2D eigenvalue weighted by Gasteiger charge is -2.23. The first-order valence-electron chi connectivity index (χ1n) is 5.59. The largest absolute Gasteiger partial charge is 0.312 e. The molecule has 0 aliphatic carbocycles. The molecule has 1 nitrogen and oxygen atoms in total. The monoisotopic (exact) mass is 243 g/mol. The first-order valence-corrected chi connectivity index (χ1v) is 5.97. The second-order valence-electron chi connectivity index (χ2n) is 4.87. The van der Waals surface area contributed by atoms with Crippen LogP contribution in [-0.2, 0) is 6.54 Å². The summed E-state index contributed by atoms with van der Waals surface area (Å²) >= 11 is 5.61. The highest BCUT2D eigenvalue weighted by Gasteiger charge is 2.13. The van der Waals surface area contributed by atoms with Crippen LogP contribution in [0.5, 0.6) is 0 Å². The van der Waals surface area contributed by atoms with Crippen LogP contribution in [0.25, 0.3) is 0 Å². The van der Waals surface area contributed by atoms with E-state index in [1.165, 1.54) is 6.07 Å². The van der Waals surface area contributed by atoms with Crippen molar-refractivity contribution in [3.05, 3.63) is 34.6 Å². The highest BCUT2D eigenvalue weighted by molar-refractivity contribution is 6.30. The van der Waals surface area contributed by atoms with Gasteiger partial charge in [0.05, 0.1) is 5.02 Å². The summed E-state index contributed by atoms with van der Waals surface area (Å²) in [5, 5.41) is 3.51. The Balaban J connectivity index is 2.46. The smallest absolute Gasteiger partial charge is 0.142 e. The summed E-state index contributed by atoms with van der Waals surface area (Å²) in [6.07, 6.45) is 1.12. The Morgan fingerprint density at radius 1 is 1.38 bits per heavy atom. The van der Waals surface area contributed by atoms with Crippen molar-refractivity contribution in [1.29, 1.82) is 0 Å². The van der Waals surface area contributed by atoms with E-state index >= 15 is 0 Å². The summed E-state index contributed by atoms with van der Waals surface area (Å²) in [5.74, 6) is -0.351. The minimum Gasteiger partial charge on any atom is -0.312 e. The van der Waals surface area contributed by atoms with Crippen molar-refractivity contribution in [1.82, 2.24) is 5.32 Å². The lowest BCUT2D eigenvalue weighted by Crippen LogP contribution is -2.28. The molecule has 0 saturated carbocycles. The third-order valence-electron chi connectivity index (χ3n) is 2.87. The van der Waals surface area contributed by atoms with E-state index in [0.29, 0.717) is 6.54 Å². The van der Waals surface area contributed by atoms with Gasteiger partial charge in [-0.05, 0) is 29.5 Å². The molecule has 90 valence electrons. The average Bonchev–Trinajstić information content (AvgIpc) is 2.23. The molecule has 0 spiro atoms. The highest BCUT2D eigenvalue weighted by Crippen LogP contribution is 2.19. The van der Waals surface area contributed by atoms with Crippen LogP contribution in [0.1, 0.15) is 32.8 Å². The molecule has 16 heavy (non-hydrogen) atoms. The maximum Gasteiger partial charge on any atom is 0.142 e. The van der Waals surface area contributed by atoms with Crippen molar-refractivity contribution in [2.24, 2.45) is 5.41 Å². The van der Waals surface area contributed by atoms with E-state index in [-0.39, 0.29) is 16.3 Å². The maximum atomic E-state index is 13.1. The molecule has 0 saturated heterocycles. The van der Waals surface area contributed by atoms with Gasteiger partial charge in [0.25, 0.3) is 0 Å². The maximum absolute atomic E-state index is 13.1. The minimum absolute atomic E-state index is 0.178. The standard InChI is InChI=1S/C13H19ClFN/c1-4-13(2,3)9-16-8-10-5-6-11(14)12(15)7-10/h5-7,16H,4,8-9H2,1-3H3. The van der Waals surface area contributed by atoms with E-state index in [1.807, 2.05) is 6.07 Å². The average molecular weight is 244 g/mol. The van der Waals surface area contributed by atoms with Crippen LogP contribution in [0.2, 0.25) is 5.02 Å². The molecule has 0 bridgehead atoms. The fraction of sp³-hybridized carbons (Fsp3) is 0.538. The van der Waals surface area contributed by atoms with Gasteiger partial charge in [-0.15, -0.1) is 0 Å². The first-order chi connectivity index (χ1) is 7.44. The molecule has 0 amide bonds. The number of hydrogen-bond acceptors (Lipinski definition) is 1. The van der Waals surface area contributed by atoms with Gasteiger partial charge in [-0.1, -0.05) is 38.4 Å². The molecule has 1 aromatic rings. The number of rotatable bonds is 5. The van der Waals surface area contributed by atoms with Crippen LogP contribution in [0.15, 0.2) is 18.2 Å². The normalized spacial score (nSPS) is 11.8. The van der Waals surface area contributed by atoms with E-state index in [0.717, 1.165) is 18.5 Å². The van der Waals surface area contributed by atoms with Crippen LogP contribution < -0.4 is 5.32 Å². The Morgan fingerprint density at radius 3 is 2.62 bits per heavy atom. The zero-order valence-corrected chi connectivity index (χ0v) is 10.9. The van der Waals surface area contributed by atoms with Gasteiger partial charge < -0.3 is 5.32 Å².